The molecule has 2 rings (SSSR count). The minimum Gasteiger partial charge on any atom is -0.444 e. The summed E-state index contributed by atoms with van der Waals surface area (Å²) in [5.41, 5.74) is 0.521. The Labute approximate surface area is 136 Å². The van der Waals surface area contributed by atoms with Gasteiger partial charge in [-0.1, -0.05) is 17.7 Å². The Balaban J connectivity index is 1.90. The lowest BCUT2D eigenvalue weighted by Crippen LogP contribution is -2.48. The zero-order valence-corrected chi connectivity index (χ0v) is 14.0. The first-order chi connectivity index (χ1) is 10.2. The lowest BCUT2D eigenvalue weighted by Gasteiger charge is -2.36. The average Bonchev–Trinajstić information content (AvgIpc) is 2.41. The average molecular weight is 327 g/mol. The van der Waals surface area contributed by atoms with Crippen molar-refractivity contribution in [2.24, 2.45) is 5.92 Å². The fourth-order valence-corrected chi connectivity index (χ4v) is 2.65. The number of aromatic nitrogens is 1. The van der Waals surface area contributed by atoms with E-state index in [0.29, 0.717) is 18.2 Å². The van der Waals surface area contributed by atoms with E-state index >= 15 is 0 Å². The zero-order chi connectivity index (χ0) is 16.3. The maximum Gasteiger partial charge on any atom is 0.410 e. The van der Waals surface area contributed by atoms with Gasteiger partial charge < -0.3 is 14.7 Å². The Morgan fingerprint density at radius 2 is 2.23 bits per heavy atom. The van der Waals surface area contributed by atoms with Crippen LogP contribution in [0.2, 0.25) is 5.15 Å². The Hall–Kier alpha value is -1.33. The standard InChI is InChI=1S/C16H23ClN2O3/c1-16(2,3)22-15(21)19-7-6-12(13(20)10-19)8-11-4-5-14(17)18-9-11/h4-5,9,12-13,20H,6-8,10H2,1-3H3/t12-,13+/m0/s1. The molecule has 2 atom stereocenters. The third kappa shape index (κ3) is 4.85. The van der Waals surface area contributed by atoms with Crippen LogP contribution >= 0.6 is 11.6 Å². The third-order valence-corrected chi connectivity index (χ3v) is 3.88. The highest BCUT2D eigenvalue weighted by atomic mass is 35.5. The van der Waals surface area contributed by atoms with Crippen molar-refractivity contribution in [3.63, 3.8) is 0 Å². The molecule has 1 aliphatic heterocycles. The van der Waals surface area contributed by atoms with Crippen LogP contribution < -0.4 is 0 Å². The number of aliphatic hydroxyl groups excluding tert-OH is 1. The van der Waals surface area contributed by atoms with Crippen LogP contribution in [-0.2, 0) is 11.2 Å². The molecule has 0 unspecified atom stereocenters. The Morgan fingerprint density at radius 3 is 2.77 bits per heavy atom. The van der Waals surface area contributed by atoms with Gasteiger partial charge in [-0.15, -0.1) is 0 Å². The van der Waals surface area contributed by atoms with Crippen molar-refractivity contribution >= 4 is 17.7 Å². The molecule has 0 aliphatic carbocycles. The van der Waals surface area contributed by atoms with Crippen molar-refractivity contribution in [1.82, 2.24) is 9.88 Å². The lowest BCUT2D eigenvalue weighted by atomic mass is 9.88. The molecule has 1 saturated heterocycles. The molecule has 22 heavy (non-hydrogen) atoms. The minimum absolute atomic E-state index is 0.113. The second kappa shape index (κ2) is 6.84. The molecule has 1 aromatic rings. The molecule has 0 spiro atoms. The number of nitrogens with zero attached hydrogens (tertiary/aromatic N) is 2. The molecule has 2 heterocycles. The molecule has 1 fully saturated rings. The molecule has 122 valence electrons. The number of hydrogen-bond donors (Lipinski definition) is 1. The van der Waals surface area contributed by atoms with E-state index in [1.165, 1.54) is 0 Å². The van der Waals surface area contributed by atoms with E-state index in [1.807, 2.05) is 26.8 Å². The molecular weight excluding hydrogens is 304 g/mol. The van der Waals surface area contributed by atoms with E-state index in [2.05, 4.69) is 4.98 Å². The zero-order valence-electron chi connectivity index (χ0n) is 13.3. The molecule has 1 amide bonds. The number of piperidine rings is 1. The predicted molar refractivity (Wildman–Crippen MR) is 84.9 cm³/mol. The minimum atomic E-state index is -0.558. The van der Waals surface area contributed by atoms with Gasteiger partial charge in [0.25, 0.3) is 0 Å². The summed E-state index contributed by atoms with van der Waals surface area (Å²) < 4.78 is 5.34. The molecule has 0 saturated carbocycles. The summed E-state index contributed by atoms with van der Waals surface area (Å²) in [5, 5.41) is 10.8. The Kier molecular flexibility index (Phi) is 5.29. The number of carbonyl (C=O) groups is 1. The summed E-state index contributed by atoms with van der Waals surface area (Å²) in [4.78, 5) is 17.7. The van der Waals surface area contributed by atoms with Crippen LogP contribution in [0.1, 0.15) is 32.8 Å². The summed E-state index contributed by atoms with van der Waals surface area (Å²) in [6, 6.07) is 3.67. The van der Waals surface area contributed by atoms with Crippen molar-refractivity contribution in [2.75, 3.05) is 13.1 Å². The number of hydrogen-bond acceptors (Lipinski definition) is 4. The predicted octanol–water partition coefficient (Wildman–Crippen LogP) is 2.90. The van der Waals surface area contributed by atoms with Gasteiger partial charge in [-0.25, -0.2) is 9.78 Å². The lowest BCUT2D eigenvalue weighted by molar-refractivity contribution is -0.0125. The van der Waals surface area contributed by atoms with Crippen LogP contribution in [0.3, 0.4) is 0 Å². The van der Waals surface area contributed by atoms with Crippen LogP contribution in [0.15, 0.2) is 18.3 Å². The highest BCUT2D eigenvalue weighted by Gasteiger charge is 2.32. The maximum atomic E-state index is 12.0. The van der Waals surface area contributed by atoms with E-state index in [0.717, 1.165) is 18.4 Å². The number of aliphatic hydroxyl groups is 1. The molecule has 6 heteroatoms. The van der Waals surface area contributed by atoms with E-state index in [4.69, 9.17) is 16.3 Å². The number of likely N-dealkylation sites (tertiary alicyclic amines) is 1. The maximum absolute atomic E-state index is 12.0. The number of carbonyl (C=O) groups excluding carboxylic acids is 1. The van der Waals surface area contributed by atoms with Gasteiger partial charge in [0.1, 0.15) is 10.8 Å². The number of amides is 1. The fourth-order valence-electron chi connectivity index (χ4n) is 2.54. The largest absolute Gasteiger partial charge is 0.444 e. The summed E-state index contributed by atoms with van der Waals surface area (Å²) in [7, 11) is 0. The first kappa shape index (κ1) is 17.0. The van der Waals surface area contributed by atoms with Gasteiger partial charge in [0, 0.05) is 12.7 Å². The second-order valence-electron chi connectivity index (χ2n) is 6.74. The molecule has 0 radical (unpaired) electrons. The van der Waals surface area contributed by atoms with Crippen molar-refractivity contribution in [3.05, 3.63) is 29.0 Å². The number of halogens is 1. The second-order valence-corrected chi connectivity index (χ2v) is 7.12. The van der Waals surface area contributed by atoms with Crippen molar-refractivity contribution in [3.8, 4) is 0 Å². The van der Waals surface area contributed by atoms with Crippen molar-refractivity contribution < 1.29 is 14.6 Å². The third-order valence-electron chi connectivity index (χ3n) is 3.66. The highest BCUT2D eigenvalue weighted by Crippen LogP contribution is 2.23. The van der Waals surface area contributed by atoms with E-state index in [-0.39, 0.29) is 12.0 Å². The summed E-state index contributed by atoms with van der Waals surface area (Å²) >= 11 is 5.77. The smallest absolute Gasteiger partial charge is 0.410 e. The first-order valence-corrected chi connectivity index (χ1v) is 7.89. The summed E-state index contributed by atoms with van der Waals surface area (Å²) in [6.07, 6.45) is 2.28. The van der Waals surface area contributed by atoms with Crippen LogP contribution in [0.4, 0.5) is 4.79 Å². The molecule has 5 nitrogen and oxygen atoms in total. The van der Waals surface area contributed by atoms with Gasteiger partial charge in [0.05, 0.1) is 12.6 Å². The van der Waals surface area contributed by atoms with Crippen molar-refractivity contribution in [2.45, 2.75) is 45.3 Å². The number of rotatable bonds is 2. The first-order valence-electron chi connectivity index (χ1n) is 7.51. The highest BCUT2D eigenvalue weighted by molar-refractivity contribution is 6.29. The van der Waals surface area contributed by atoms with Gasteiger partial charge in [-0.2, -0.15) is 0 Å². The van der Waals surface area contributed by atoms with Gasteiger partial charge in [0.15, 0.2) is 0 Å². The van der Waals surface area contributed by atoms with Gasteiger partial charge >= 0.3 is 6.09 Å². The molecule has 1 N–H and O–H groups in total. The number of β-amino-alcohol motifs (C(OH)–C–C–N with tert-alkyl or cyclic N) is 1. The van der Waals surface area contributed by atoms with Crippen LogP contribution in [0.25, 0.3) is 0 Å². The van der Waals surface area contributed by atoms with Gasteiger partial charge in [-0.3, -0.25) is 0 Å². The van der Waals surface area contributed by atoms with Gasteiger partial charge in [0.2, 0.25) is 0 Å². The van der Waals surface area contributed by atoms with E-state index in [1.54, 1.807) is 17.2 Å². The number of ether oxygens (including phenoxy) is 1. The van der Waals surface area contributed by atoms with Crippen LogP contribution in [-0.4, -0.2) is 45.9 Å². The van der Waals surface area contributed by atoms with E-state index in [9.17, 15) is 9.90 Å². The van der Waals surface area contributed by atoms with Gasteiger partial charge in [-0.05, 0) is 51.2 Å². The fraction of sp³-hybridized carbons (Fsp3) is 0.625. The summed E-state index contributed by atoms with van der Waals surface area (Å²) in [6.45, 7) is 6.41. The topological polar surface area (TPSA) is 62.7 Å². The van der Waals surface area contributed by atoms with Crippen LogP contribution in [0, 0.1) is 5.92 Å². The molecular formula is C16H23ClN2O3. The quantitative estimate of drug-likeness (QED) is 0.849. The Morgan fingerprint density at radius 1 is 1.50 bits per heavy atom. The monoisotopic (exact) mass is 326 g/mol. The SMILES string of the molecule is CC(C)(C)OC(=O)N1CC[C@@H](Cc2ccc(Cl)nc2)[C@H](O)C1. The molecule has 0 bridgehead atoms. The molecule has 1 aromatic heterocycles. The molecule has 1 aliphatic rings. The molecule has 0 aromatic carbocycles. The summed E-state index contributed by atoms with van der Waals surface area (Å²) in [5.74, 6) is 0.113. The van der Waals surface area contributed by atoms with Crippen molar-refractivity contribution in [1.29, 1.82) is 0 Å². The normalized spacial score (nSPS) is 22.5. The number of pyridine rings is 1. The Bertz CT molecular complexity index is 513. The van der Waals surface area contributed by atoms with E-state index < -0.39 is 11.7 Å². The van der Waals surface area contributed by atoms with Crippen LogP contribution in [0.5, 0.6) is 0 Å².